The van der Waals surface area contributed by atoms with Gasteiger partial charge in [0.15, 0.2) is 6.79 Å². The molecule has 11 heteroatoms. The SMILES string of the molecule is Cc1nn(-c2ccc(Cl)c(Cl)c2)c(C)c1CC(=O)OCc1cc([N+](=O)[O-])cc2c1OCOC2. The first-order valence-electron chi connectivity index (χ1n) is 9.91. The fourth-order valence-corrected chi connectivity index (χ4v) is 3.94. The lowest BCUT2D eigenvalue weighted by molar-refractivity contribution is -0.385. The minimum Gasteiger partial charge on any atom is -0.467 e. The molecule has 9 nitrogen and oxygen atoms in total. The maximum Gasteiger partial charge on any atom is 0.310 e. The van der Waals surface area contributed by atoms with Crippen molar-refractivity contribution >= 4 is 34.9 Å². The van der Waals surface area contributed by atoms with Crippen LogP contribution in [0.4, 0.5) is 5.69 Å². The van der Waals surface area contributed by atoms with Crippen molar-refractivity contribution in [1.29, 1.82) is 0 Å². The molecule has 2 aromatic carbocycles. The van der Waals surface area contributed by atoms with Gasteiger partial charge in [-0.05, 0) is 32.0 Å². The van der Waals surface area contributed by atoms with Gasteiger partial charge in [0.25, 0.3) is 5.69 Å². The molecule has 0 N–H and O–H groups in total. The lowest BCUT2D eigenvalue weighted by atomic mass is 10.1. The summed E-state index contributed by atoms with van der Waals surface area (Å²) in [6.45, 7) is 3.69. The number of nitro groups is 1. The third-order valence-electron chi connectivity index (χ3n) is 5.28. The number of aromatic nitrogens is 2. The first kappa shape index (κ1) is 23.0. The number of halogens is 2. The Bertz CT molecular complexity index is 1260. The van der Waals surface area contributed by atoms with Gasteiger partial charge in [0.1, 0.15) is 12.4 Å². The second-order valence-corrected chi connectivity index (χ2v) is 8.27. The molecule has 0 aliphatic carbocycles. The molecule has 0 saturated carbocycles. The summed E-state index contributed by atoms with van der Waals surface area (Å²) >= 11 is 12.1. The van der Waals surface area contributed by atoms with Crippen LogP contribution in [0.15, 0.2) is 30.3 Å². The van der Waals surface area contributed by atoms with Gasteiger partial charge < -0.3 is 14.2 Å². The largest absolute Gasteiger partial charge is 0.467 e. The van der Waals surface area contributed by atoms with E-state index in [0.29, 0.717) is 38.3 Å². The third kappa shape index (κ3) is 4.80. The van der Waals surface area contributed by atoms with Gasteiger partial charge in [-0.2, -0.15) is 5.10 Å². The highest BCUT2D eigenvalue weighted by molar-refractivity contribution is 6.42. The van der Waals surface area contributed by atoms with E-state index in [2.05, 4.69) is 5.10 Å². The monoisotopic (exact) mass is 491 g/mol. The molecule has 0 radical (unpaired) electrons. The molecule has 1 aromatic heterocycles. The summed E-state index contributed by atoms with van der Waals surface area (Å²) in [5.41, 5.74) is 3.69. The number of carbonyl (C=O) groups is 1. The molecule has 1 aliphatic rings. The number of benzene rings is 2. The van der Waals surface area contributed by atoms with E-state index in [1.54, 1.807) is 29.8 Å². The molecule has 4 rings (SSSR count). The molecule has 0 spiro atoms. The Morgan fingerprint density at radius 1 is 1.24 bits per heavy atom. The quantitative estimate of drug-likeness (QED) is 0.275. The highest BCUT2D eigenvalue weighted by Crippen LogP contribution is 2.33. The highest BCUT2D eigenvalue weighted by Gasteiger charge is 2.23. The molecule has 0 bridgehead atoms. The molecule has 0 saturated heterocycles. The van der Waals surface area contributed by atoms with Gasteiger partial charge in [-0.25, -0.2) is 4.68 Å². The van der Waals surface area contributed by atoms with Crippen molar-refractivity contribution in [3.8, 4) is 11.4 Å². The van der Waals surface area contributed by atoms with Crippen LogP contribution in [0.2, 0.25) is 10.0 Å². The van der Waals surface area contributed by atoms with Gasteiger partial charge in [-0.15, -0.1) is 0 Å². The minimum absolute atomic E-state index is 0.0138. The van der Waals surface area contributed by atoms with Crippen molar-refractivity contribution < 1.29 is 23.9 Å². The van der Waals surface area contributed by atoms with Crippen molar-refractivity contribution in [1.82, 2.24) is 9.78 Å². The summed E-state index contributed by atoms with van der Waals surface area (Å²) in [7, 11) is 0. The number of ether oxygens (including phenoxy) is 3. The Balaban J connectivity index is 1.51. The number of nitro benzene ring substituents is 1. The Hall–Kier alpha value is -3.14. The maximum atomic E-state index is 12.6. The first-order valence-corrected chi connectivity index (χ1v) is 10.7. The summed E-state index contributed by atoms with van der Waals surface area (Å²) in [6.07, 6.45) is -0.0138. The predicted octanol–water partition coefficient (Wildman–Crippen LogP) is 4.86. The summed E-state index contributed by atoms with van der Waals surface area (Å²) in [4.78, 5) is 23.4. The van der Waals surface area contributed by atoms with Crippen LogP contribution in [0.25, 0.3) is 5.69 Å². The number of hydrogen-bond acceptors (Lipinski definition) is 7. The number of fused-ring (bicyclic) bond motifs is 1. The lowest BCUT2D eigenvalue weighted by Gasteiger charge is -2.20. The molecular formula is C22H19Cl2N3O6. The van der Waals surface area contributed by atoms with Gasteiger partial charge in [0.2, 0.25) is 0 Å². The molecule has 0 amide bonds. The van der Waals surface area contributed by atoms with E-state index in [9.17, 15) is 14.9 Å². The Morgan fingerprint density at radius 3 is 2.76 bits per heavy atom. The average molecular weight is 492 g/mol. The second kappa shape index (κ2) is 9.38. The van der Waals surface area contributed by atoms with Gasteiger partial charge in [0, 0.05) is 34.5 Å². The number of nitrogens with zero attached hydrogens (tertiary/aromatic N) is 3. The zero-order valence-electron chi connectivity index (χ0n) is 17.8. The predicted molar refractivity (Wildman–Crippen MR) is 120 cm³/mol. The van der Waals surface area contributed by atoms with Crippen LogP contribution in [0.5, 0.6) is 5.75 Å². The number of hydrogen-bond donors (Lipinski definition) is 0. The Kier molecular flexibility index (Phi) is 6.55. The molecule has 33 heavy (non-hydrogen) atoms. The topological polar surface area (TPSA) is 106 Å². The average Bonchev–Trinajstić information content (AvgIpc) is 3.07. The van der Waals surface area contributed by atoms with Crippen LogP contribution in [0, 0.1) is 24.0 Å². The zero-order chi connectivity index (χ0) is 23.7. The van der Waals surface area contributed by atoms with Crippen LogP contribution in [0.1, 0.15) is 28.1 Å². The van der Waals surface area contributed by atoms with E-state index < -0.39 is 10.9 Å². The summed E-state index contributed by atoms with van der Waals surface area (Å²) in [6, 6.07) is 7.89. The van der Waals surface area contributed by atoms with Crippen LogP contribution >= 0.6 is 23.2 Å². The smallest absolute Gasteiger partial charge is 0.310 e. The Labute approximate surface area is 198 Å². The van der Waals surface area contributed by atoms with Crippen LogP contribution in [-0.4, -0.2) is 27.5 Å². The molecule has 0 atom stereocenters. The molecule has 3 aromatic rings. The van der Waals surface area contributed by atoms with E-state index in [1.165, 1.54) is 12.1 Å². The molecular weight excluding hydrogens is 473 g/mol. The summed E-state index contributed by atoms with van der Waals surface area (Å²) < 4.78 is 17.8. The van der Waals surface area contributed by atoms with Crippen LogP contribution < -0.4 is 4.74 Å². The molecule has 1 aliphatic heterocycles. The van der Waals surface area contributed by atoms with Crippen molar-refractivity contribution in [2.75, 3.05) is 6.79 Å². The number of carbonyl (C=O) groups excluding carboxylic acids is 1. The van der Waals surface area contributed by atoms with Gasteiger partial charge in [0.05, 0.1) is 39.4 Å². The van der Waals surface area contributed by atoms with Crippen molar-refractivity contribution in [2.45, 2.75) is 33.5 Å². The van der Waals surface area contributed by atoms with E-state index in [-0.39, 0.29) is 32.1 Å². The van der Waals surface area contributed by atoms with Crippen molar-refractivity contribution in [2.24, 2.45) is 0 Å². The number of esters is 1. The first-order chi connectivity index (χ1) is 15.7. The van der Waals surface area contributed by atoms with Crippen molar-refractivity contribution in [3.63, 3.8) is 0 Å². The molecule has 2 heterocycles. The molecule has 0 fully saturated rings. The van der Waals surface area contributed by atoms with Crippen LogP contribution in [-0.2, 0) is 33.9 Å². The van der Waals surface area contributed by atoms with E-state index in [4.69, 9.17) is 37.4 Å². The second-order valence-electron chi connectivity index (χ2n) is 7.46. The van der Waals surface area contributed by atoms with Gasteiger partial charge >= 0.3 is 5.97 Å². The van der Waals surface area contributed by atoms with E-state index in [1.807, 2.05) is 6.92 Å². The van der Waals surface area contributed by atoms with Gasteiger partial charge in [-0.1, -0.05) is 23.2 Å². The van der Waals surface area contributed by atoms with E-state index in [0.717, 1.165) is 11.3 Å². The fraction of sp³-hybridized carbons (Fsp3) is 0.273. The zero-order valence-corrected chi connectivity index (χ0v) is 19.3. The van der Waals surface area contributed by atoms with Gasteiger partial charge in [-0.3, -0.25) is 14.9 Å². The standard InChI is InChI=1S/C22H19Cl2N3O6/c1-12-18(13(2)26(25-12)16-3-4-19(23)20(24)7-16)8-21(28)32-10-15-6-17(27(29)30)5-14-9-31-11-33-22(14)15/h3-7H,8-11H2,1-2H3. The number of non-ortho nitro benzene ring substituents is 1. The highest BCUT2D eigenvalue weighted by atomic mass is 35.5. The van der Waals surface area contributed by atoms with Crippen molar-refractivity contribution in [3.05, 3.63) is 78.6 Å². The molecule has 172 valence electrons. The fourth-order valence-electron chi connectivity index (χ4n) is 3.65. The Morgan fingerprint density at radius 2 is 2.03 bits per heavy atom. The summed E-state index contributed by atoms with van der Waals surface area (Å²) in [5, 5.41) is 16.6. The lowest BCUT2D eigenvalue weighted by Crippen LogP contribution is -2.15. The normalized spacial score (nSPS) is 12.7. The number of rotatable bonds is 6. The summed E-state index contributed by atoms with van der Waals surface area (Å²) in [5.74, 6) is -0.0540. The van der Waals surface area contributed by atoms with E-state index >= 15 is 0 Å². The number of aryl methyl sites for hydroxylation is 1. The molecule has 0 unspecified atom stereocenters. The third-order valence-corrected chi connectivity index (χ3v) is 6.02. The van der Waals surface area contributed by atoms with Crippen LogP contribution in [0.3, 0.4) is 0 Å². The minimum atomic E-state index is -0.510. The maximum absolute atomic E-state index is 12.6.